The molecular formula is C17H27NO3. The molecule has 0 aromatic carbocycles. The van der Waals surface area contributed by atoms with Crippen LogP contribution in [-0.4, -0.2) is 23.5 Å². The third-order valence-corrected chi connectivity index (χ3v) is 5.16. The van der Waals surface area contributed by atoms with Crippen LogP contribution in [0.15, 0.2) is 12.2 Å². The van der Waals surface area contributed by atoms with Gasteiger partial charge in [-0.25, -0.2) is 0 Å². The van der Waals surface area contributed by atoms with Crippen LogP contribution in [0.2, 0.25) is 0 Å². The molecule has 21 heavy (non-hydrogen) atoms. The zero-order valence-electron chi connectivity index (χ0n) is 13.0. The van der Waals surface area contributed by atoms with Crippen molar-refractivity contribution in [3.05, 3.63) is 12.2 Å². The van der Waals surface area contributed by atoms with E-state index < -0.39 is 11.9 Å². The molecular weight excluding hydrogens is 266 g/mol. The number of unbranched alkanes of at least 4 members (excludes halogenated alkanes) is 1. The number of fused-ring (bicyclic) bond motifs is 2. The largest absolute Gasteiger partial charge is 0.481 e. The Hall–Kier alpha value is -1.32. The molecule has 1 saturated carbocycles. The molecule has 0 unspecified atom stereocenters. The molecule has 5 atom stereocenters. The molecule has 118 valence electrons. The molecule has 2 bridgehead atoms. The molecule has 0 aliphatic heterocycles. The summed E-state index contributed by atoms with van der Waals surface area (Å²) in [7, 11) is 0. The van der Waals surface area contributed by atoms with Crippen molar-refractivity contribution in [2.45, 2.75) is 46.0 Å². The third kappa shape index (κ3) is 3.47. The van der Waals surface area contributed by atoms with Crippen molar-refractivity contribution in [1.29, 1.82) is 0 Å². The van der Waals surface area contributed by atoms with Gasteiger partial charge in [0.1, 0.15) is 0 Å². The summed E-state index contributed by atoms with van der Waals surface area (Å²) in [4.78, 5) is 23.9. The highest BCUT2D eigenvalue weighted by atomic mass is 16.4. The van der Waals surface area contributed by atoms with Crippen molar-refractivity contribution < 1.29 is 14.7 Å². The van der Waals surface area contributed by atoms with E-state index >= 15 is 0 Å². The van der Waals surface area contributed by atoms with Crippen LogP contribution in [-0.2, 0) is 9.59 Å². The summed E-state index contributed by atoms with van der Waals surface area (Å²) in [5.74, 6) is -1.13. The fourth-order valence-corrected chi connectivity index (χ4v) is 3.82. The summed E-state index contributed by atoms with van der Waals surface area (Å²) >= 11 is 0. The maximum absolute atomic E-state index is 12.4. The van der Waals surface area contributed by atoms with Crippen molar-refractivity contribution in [3.8, 4) is 0 Å². The zero-order valence-corrected chi connectivity index (χ0v) is 13.0. The van der Waals surface area contributed by atoms with E-state index in [9.17, 15) is 14.7 Å². The van der Waals surface area contributed by atoms with Crippen LogP contribution >= 0.6 is 0 Å². The number of carbonyl (C=O) groups is 2. The summed E-state index contributed by atoms with van der Waals surface area (Å²) in [5.41, 5.74) is 0. The number of hydrogen-bond acceptors (Lipinski definition) is 2. The van der Waals surface area contributed by atoms with Gasteiger partial charge in [-0.05, 0) is 30.6 Å². The number of carboxylic acid groups (broad SMARTS) is 1. The lowest BCUT2D eigenvalue weighted by Crippen LogP contribution is -2.41. The average molecular weight is 293 g/mol. The Bertz CT molecular complexity index is 418. The number of nitrogens with one attached hydrogen (secondary N) is 1. The van der Waals surface area contributed by atoms with E-state index in [2.05, 4.69) is 19.2 Å². The van der Waals surface area contributed by atoms with Gasteiger partial charge in [0.15, 0.2) is 0 Å². The molecule has 4 heteroatoms. The minimum Gasteiger partial charge on any atom is -0.481 e. The lowest BCUT2D eigenvalue weighted by molar-refractivity contribution is -0.147. The van der Waals surface area contributed by atoms with Crippen molar-refractivity contribution in [3.63, 3.8) is 0 Å². The zero-order chi connectivity index (χ0) is 15.4. The lowest BCUT2D eigenvalue weighted by atomic mass is 9.82. The molecule has 0 heterocycles. The molecule has 0 spiro atoms. The molecule has 2 aliphatic rings. The summed E-state index contributed by atoms with van der Waals surface area (Å²) in [6.45, 7) is 5.00. The molecule has 0 radical (unpaired) electrons. The van der Waals surface area contributed by atoms with E-state index in [1.807, 2.05) is 12.2 Å². The second kappa shape index (κ2) is 7.10. The molecule has 0 aromatic heterocycles. The topological polar surface area (TPSA) is 66.4 Å². The fourth-order valence-electron chi connectivity index (χ4n) is 3.82. The van der Waals surface area contributed by atoms with Gasteiger partial charge in [-0.15, -0.1) is 0 Å². The number of carboxylic acids is 1. The van der Waals surface area contributed by atoms with Gasteiger partial charge in [-0.2, -0.15) is 0 Å². The van der Waals surface area contributed by atoms with Gasteiger partial charge in [0.25, 0.3) is 0 Å². The van der Waals surface area contributed by atoms with Crippen LogP contribution in [0.4, 0.5) is 0 Å². The van der Waals surface area contributed by atoms with Crippen molar-refractivity contribution in [2.24, 2.45) is 29.6 Å². The lowest BCUT2D eigenvalue weighted by Gasteiger charge is -2.25. The number of hydrogen-bond donors (Lipinski definition) is 2. The summed E-state index contributed by atoms with van der Waals surface area (Å²) in [6.07, 6.45) is 9.37. The van der Waals surface area contributed by atoms with Crippen LogP contribution in [0.1, 0.15) is 46.0 Å². The van der Waals surface area contributed by atoms with Crippen LogP contribution < -0.4 is 5.32 Å². The molecule has 2 rings (SSSR count). The number of carbonyl (C=O) groups excluding carboxylic acids is 1. The maximum atomic E-state index is 12.4. The predicted octanol–water partition coefficient (Wildman–Crippen LogP) is 2.84. The highest BCUT2D eigenvalue weighted by molar-refractivity contribution is 5.86. The Morgan fingerprint density at radius 3 is 2.48 bits per heavy atom. The standard InChI is InChI=1S/C17H27NO3/c1-3-5-6-11(4-2)10-18-16(19)14-12-7-8-13(9-12)15(14)17(20)21/h7-8,11-15H,3-6,9-10H2,1-2H3,(H,18,19)(H,20,21)/t11-,12-,13-,14+,15+/m0/s1. The Morgan fingerprint density at radius 2 is 1.90 bits per heavy atom. The summed E-state index contributed by atoms with van der Waals surface area (Å²) < 4.78 is 0. The first-order valence-electron chi connectivity index (χ1n) is 8.27. The average Bonchev–Trinajstić information content (AvgIpc) is 3.07. The second-order valence-electron chi connectivity index (χ2n) is 6.50. The van der Waals surface area contributed by atoms with Gasteiger partial charge in [0.05, 0.1) is 11.8 Å². The van der Waals surface area contributed by atoms with E-state index in [-0.39, 0.29) is 23.7 Å². The van der Waals surface area contributed by atoms with Gasteiger partial charge in [-0.1, -0.05) is 45.3 Å². The van der Waals surface area contributed by atoms with Crippen LogP contribution in [0.3, 0.4) is 0 Å². The van der Waals surface area contributed by atoms with Gasteiger partial charge >= 0.3 is 5.97 Å². The highest BCUT2D eigenvalue weighted by Crippen LogP contribution is 2.48. The Morgan fingerprint density at radius 1 is 1.24 bits per heavy atom. The molecule has 0 saturated heterocycles. The normalized spacial score (nSPS) is 31.3. The SMILES string of the molecule is CCCC[C@H](CC)CNC(=O)[C@H]1[C@H](C(=O)O)[C@H]2C=C[C@H]1C2. The smallest absolute Gasteiger partial charge is 0.307 e. The second-order valence-corrected chi connectivity index (χ2v) is 6.50. The first-order chi connectivity index (χ1) is 10.1. The van der Waals surface area contributed by atoms with Gasteiger partial charge in [0, 0.05) is 6.54 Å². The Kier molecular flexibility index (Phi) is 5.43. The number of aliphatic carboxylic acids is 1. The van der Waals surface area contributed by atoms with Crippen molar-refractivity contribution >= 4 is 11.9 Å². The minimum atomic E-state index is -0.829. The summed E-state index contributed by atoms with van der Waals surface area (Å²) in [5, 5.41) is 12.4. The summed E-state index contributed by atoms with van der Waals surface area (Å²) in [6, 6.07) is 0. The van der Waals surface area contributed by atoms with Crippen molar-refractivity contribution in [1.82, 2.24) is 5.32 Å². The number of rotatable bonds is 8. The first kappa shape index (κ1) is 16.1. The van der Waals surface area contributed by atoms with E-state index in [0.29, 0.717) is 12.5 Å². The van der Waals surface area contributed by atoms with E-state index in [1.165, 1.54) is 12.8 Å². The van der Waals surface area contributed by atoms with Crippen LogP contribution in [0, 0.1) is 29.6 Å². The quantitative estimate of drug-likeness (QED) is 0.676. The highest BCUT2D eigenvalue weighted by Gasteiger charge is 2.51. The molecule has 0 aromatic rings. The minimum absolute atomic E-state index is 0.0466. The number of allylic oxidation sites excluding steroid dienone is 2. The molecule has 2 aliphatic carbocycles. The van der Waals surface area contributed by atoms with Crippen LogP contribution in [0.5, 0.6) is 0 Å². The number of amides is 1. The molecule has 1 fully saturated rings. The molecule has 1 amide bonds. The van der Waals surface area contributed by atoms with Gasteiger partial charge in [0.2, 0.25) is 5.91 Å². The molecule has 4 nitrogen and oxygen atoms in total. The Labute approximate surface area is 127 Å². The van der Waals surface area contributed by atoms with Gasteiger partial charge in [-0.3, -0.25) is 9.59 Å². The predicted molar refractivity (Wildman–Crippen MR) is 81.7 cm³/mol. The van der Waals surface area contributed by atoms with E-state index in [4.69, 9.17) is 0 Å². The maximum Gasteiger partial charge on any atom is 0.307 e. The van der Waals surface area contributed by atoms with E-state index in [0.717, 1.165) is 19.3 Å². The van der Waals surface area contributed by atoms with E-state index in [1.54, 1.807) is 0 Å². The van der Waals surface area contributed by atoms with Crippen molar-refractivity contribution in [2.75, 3.05) is 6.54 Å². The van der Waals surface area contributed by atoms with Gasteiger partial charge < -0.3 is 10.4 Å². The first-order valence-corrected chi connectivity index (χ1v) is 8.27. The monoisotopic (exact) mass is 293 g/mol. The third-order valence-electron chi connectivity index (χ3n) is 5.16. The molecule has 2 N–H and O–H groups in total. The Balaban J connectivity index is 1.90. The van der Waals surface area contributed by atoms with Crippen LogP contribution in [0.25, 0.3) is 0 Å². The fraction of sp³-hybridized carbons (Fsp3) is 0.765.